The van der Waals surface area contributed by atoms with E-state index in [1.54, 1.807) is 12.1 Å². The van der Waals surface area contributed by atoms with E-state index in [1.807, 2.05) is 0 Å². The monoisotopic (exact) mass is 250 g/mol. The summed E-state index contributed by atoms with van der Waals surface area (Å²) < 4.78 is 18.0. The third-order valence-corrected chi connectivity index (χ3v) is 2.23. The molecule has 1 aromatic heterocycles. The van der Waals surface area contributed by atoms with Crippen molar-refractivity contribution in [2.24, 2.45) is 0 Å². The summed E-state index contributed by atoms with van der Waals surface area (Å²) in [5.74, 6) is -0.881. The molecule has 0 aliphatic rings. The molecule has 0 unspecified atom stereocenters. The van der Waals surface area contributed by atoms with Crippen molar-refractivity contribution in [3.63, 3.8) is 0 Å². The molecule has 2 N–H and O–H groups in total. The van der Waals surface area contributed by atoms with Crippen molar-refractivity contribution in [1.82, 2.24) is 10.3 Å². The van der Waals surface area contributed by atoms with Crippen LogP contribution in [0, 0.1) is 5.82 Å². The molecule has 0 fully saturated rings. The zero-order valence-corrected chi connectivity index (χ0v) is 9.39. The maximum absolute atomic E-state index is 12.7. The summed E-state index contributed by atoms with van der Waals surface area (Å²) in [4.78, 5) is 14.5. The zero-order chi connectivity index (χ0) is 13.0. The van der Waals surface area contributed by atoms with E-state index in [4.69, 9.17) is 9.52 Å². The quantitative estimate of drug-likeness (QED) is 0.844. The minimum Gasteiger partial charge on any atom is -0.480 e. The van der Waals surface area contributed by atoms with E-state index in [2.05, 4.69) is 10.3 Å². The Morgan fingerprint density at radius 1 is 1.39 bits per heavy atom. The van der Waals surface area contributed by atoms with Gasteiger partial charge in [0.25, 0.3) is 0 Å². The average molecular weight is 250 g/mol. The highest BCUT2D eigenvalue weighted by molar-refractivity contribution is 5.68. The van der Waals surface area contributed by atoms with Crippen LogP contribution in [0.1, 0.15) is 5.69 Å². The number of aliphatic carboxylic acids is 1. The van der Waals surface area contributed by atoms with Crippen LogP contribution in [0.3, 0.4) is 0 Å². The summed E-state index contributed by atoms with van der Waals surface area (Å²) in [5, 5.41) is 11.2. The molecular formula is C12H11FN2O3. The van der Waals surface area contributed by atoms with Crippen LogP contribution in [-0.2, 0) is 11.3 Å². The number of aromatic nitrogens is 1. The lowest BCUT2D eigenvalue weighted by atomic mass is 10.2. The largest absolute Gasteiger partial charge is 0.480 e. The van der Waals surface area contributed by atoms with E-state index in [1.165, 1.54) is 18.4 Å². The number of benzene rings is 1. The first-order valence-corrected chi connectivity index (χ1v) is 5.28. The molecule has 2 aromatic rings. The molecule has 0 radical (unpaired) electrons. The van der Waals surface area contributed by atoms with E-state index >= 15 is 0 Å². The van der Waals surface area contributed by atoms with Gasteiger partial charge in [-0.05, 0) is 24.3 Å². The number of carboxylic acids is 1. The number of halogens is 1. The van der Waals surface area contributed by atoms with E-state index in [9.17, 15) is 9.18 Å². The van der Waals surface area contributed by atoms with Crippen LogP contribution in [0.2, 0.25) is 0 Å². The van der Waals surface area contributed by atoms with Gasteiger partial charge in [0.1, 0.15) is 12.1 Å². The minimum atomic E-state index is -0.933. The third kappa shape index (κ3) is 3.14. The van der Waals surface area contributed by atoms with Gasteiger partial charge in [-0.1, -0.05) is 0 Å². The molecule has 1 aromatic carbocycles. The molecule has 0 amide bonds. The number of carbonyl (C=O) groups is 1. The lowest BCUT2D eigenvalue weighted by molar-refractivity contribution is -0.136. The topological polar surface area (TPSA) is 75.4 Å². The van der Waals surface area contributed by atoms with Gasteiger partial charge >= 0.3 is 5.97 Å². The number of nitrogens with one attached hydrogen (secondary N) is 1. The molecule has 94 valence electrons. The molecule has 0 atom stereocenters. The van der Waals surface area contributed by atoms with Crippen LogP contribution in [0.5, 0.6) is 0 Å². The first-order chi connectivity index (χ1) is 8.65. The van der Waals surface area contributed by atoms with Crippen LogP contribution in [0.25, 0.3) is 11.5 Å². The summed E-state index contributed by atoms with van der Waals surface area (Å²) in [7, 11) is 0. The molecule has 0 saturated carbocycles. The van der Waals surface area contributed by atoms with Crippen molar-refractivity contribution >= 4 is 5.97 Å². The Kier molecular flexibility index (Phi) is 3.69. The summed E-state index contributed by atoms with van der Waals surface area (Å²) in [6.45, 7) is 0.162. The van der Waals surface area contributed by atoms with Gasteiger partial charge in [0.15, 0.2) is 0 Å². The lowest BCUT2D eigenvalue weighted by Crippen LogP contribution is -2.21. The van der Waals surface area contributed by atoms with Gasteiger partial charge in [0, 0.05) is 12.1 Å². The Labute approximate surface area is 102 Å². The third-order valence-electron chi connectivity index (χ3n) is 2.23. The van der Waals surface area contributed by atoms with E-state index in [0.29, 0.717) is 23.7 Å². The van der Waals surface area contributed by atoms with E-state index in [0.717, 1.165) is 0 Å². The fraction of sp³-hybridized carbons (Fsp3) is 0.167. The number of carboxylic acid groups (broad SMARTS) is 1. The predicted octanol–water partition coefficient (Wildman–Crippen LogP) is 1.65. The normalized spacial score (nSPS) is 10.5. The Morgan fingerprint density at radius 3 is 2.78 bits per heavy atom. The molecule has 5 nitrogen and oxygen atoms in total. The minimum absolute atomic E-state index is 0.140. The summed E-state index contributed by atoms with van der Waals surface area (Å²) in [5.41, 5.74) is 1.26. The predicted molar refractivity (Wildman–Crippen MR) is 61.2 cm³/mol. The molecule has 6 heteroatoms. The Balaban J connectivity index is 2.01. The smallest absolute Gasteiger partial charge is 0.317 e. The van der Waals surface area contributed by atoms with Crippen molar-refractivity contribution < 1.29 is 18.7 Å². The van der Waals surface area contributed by atoms with Gasteiger partial charge < -0.3 is 14.8 Å². The Hall–Kier alpha value is -2.21. The van der Waals surface area contributed by atoms with Crippen LogP contribution >= 0.6 is 0 Å². The van der Waals surface area contributed by atoms with Gasteiger partial charge in [-0.2, -0.15) is 0 Å². The second kappa shape index (κ2) is 5.42. The number of nitrogens with zero attached hydrogens (tertiary/aromatic N) is 1. The fourth-order valence-corrected chi connectivity index (χ4v) is 1.41. The van der Waals surface area contributed by atoms with Gasteiger partial charge in [-0.25, -0.2) is 9.37 Å². The highest BCUT2D eigenvalue weighted by atomic mass is 19.1. The van der Waals surface area contributed by atoms with Crippen molar-refractivity contribution in [2.45, 2.75) is 6.54 Å². The number of rotatable bonds is 5. The average Bonchev–Trinajstić information content (AvgIpc) is 2.78. The lowest BCUT2D eigenvalue weighted by Gasteiger charge is -1.96. The second-order valence-corrected chi connectivity index (χ2v) is 3.65. The Bertz CT molecular complexity index is 537. The van der Waals surface area contributed by atoms with Crippen molar-refractivity contribution in [3.8, 4) is 11.5 Å². The van der Waals surface area contributed by atoms with Gasteiger partial charge in [-0.3, -0.25) is 4.79 Å². The van der Waals surface area contributed by atoms with E-state index < -0.39 is 5.97 Å². The van der Waals surface area contributed by atoms with Crippen molar-refractivity contribution in [3.05, 3.63) is 42.0 Å². The van der Waals surface area contributed by atoms with Gasteiger partial charge in [0.05, 0.1) is 12.2 Å². The highest BCUT2D eigenvalue weighted by Gasteiger charge is 2.07. The van der Waals surface area contributed by atoms with Crippen LogP contribution in [-0.4, -0.2) is 22.6 Å². The summed E-state index contributed by atoms with van der Waals surface area (Å²) in [6.07, 6.45) is 1.44. The number of oxazole rings is 1. The molecule has 0 aliphatic heterocycles. The van der Waals surface area contributed by atoms with Gasteiger partial charge in [0.2, 0.25) is 5.89 Å². The Morgan fingerprint density at radius 2 is 2.11 bits per heavy atom. The number of hydrogen-bond acceptors (Lipinski definition) is 4. The zero-order valence-electron chi connectivity index (χ0n) is 9.39. The molecule has 2 rings (SSSR count). The van der Waals surface area contributed by atoms with Crippen molar-refractivity contribution in [1.29, 1.82) is 0 Å². The van der Waals surface area contributed by atoms with Crippen molar-refractivity contribution in [2.75, 3.05) is 6.54 Å². The first-order valence-electron chi connectivity index (χ1n) is 5.28. The fourth-order valence-electron chi connectivity index (χ4n) is 1.41. The SMILES string of the molecule is O=C(O)CNCc1coc(-c2ccc(F)cc2)n1. The molecule has 0 bridgehead atoms. The first kappa shape index (κ1) is 12.3. The molecule has 0 aliphatic carbocycles. The summed E-state index contributed by atoms with van der Waals surface area (Å²) in [6, 6.07) is 5.77. The maximum atomic E-state index is 12.7. The molecule has 1 heterocycles. The molecule has 18 heavy (non-hydrogen) atoms. The highest BCUT2D eigenvalue weighted by Crippen LogP contribution is 2.18. The molecular weight excluding hydrogens is 239 g/mol. The van der Waals surface area contributed by atoms with Gasteiger partial charge in [-0.15, -0.1) is 0 Å². The van der Waals surface area contributed by atoms with Crippen LogP contribution in [0.4, 0.5) is 4.39 Å². The summed E-state index contributed by atoms with van der Waals surface area (Å²) >= 11 is 0. The van der Waals surface area contributed by atoms with Crippen LogP contribution in [0.15, 0.2) is 34.9 Å². The molecule has 0 saturated heterocycles. The molecule has 0 spiro atoms. The maximum Gasteiger partial charge on any atom is 0.317 e. The van der Waals surface area contributed by atoms with E-state index in [-0.39, 0.29) is 12.4 Å². The van der Waals surface area contributed by atoms with Crippen LogP contribution < -0.4 is 5.32 Å². The standard InChI is InChI=1S/C12H11FN2O3/c13-9-3-1-8(2-4-9)12-15-10(7-18-12)5-14-6-11(16)17/h1-4,7,14H,5-6H2,(H,16,17). The number of hydrogen-bond donors (Lipinski definition) is 2. The second-order valence-electron chi connectivity index (χ2n) is 3.65.